The monoisotopic (exact) mass is 895 g/mol. The summed E-state index contributed by atoms with van der Waals surface area (Å²) in [6, 6.07) is 0. The van der Waals surface area contributed by atoms with Crippen LogP contribution in [-0.2, 0) is 33.3 Å². The largest absolute Gasteiger partial charge is 0.479 e. The van der Waals surface area contributed by atoms with E-state index in [9.17, 15) is 34.8 Å². The van der Waals surface area contributed by atoms with E-state index in [1.54, 1.807) is 0 Å². The number of hydrogen-bond acceptors (Lipinski definition) is 10. The molecule has 360 valence electrons. The first-order chi connectivity index (χ1) is 31.2. The lowest BCUT2D eigenvalue weighted by molar-refractivity contribution is -0.298. The van der Waals surface area contributed by atoms with E-state index in [-0.39, 0.29) is 19.4 Å². The van der Waals surface area contributed by atoms with E-state index in [4.69, 9.17) is 18.9 Å². The molecule has 0 saturated carbocycles. The number of carboxylic acids is 1. The predicted octanol–water partition coefficient (Wildman–Crippen LogP) is 11.0. The molecule has 0 aromatic heterocycles. The molecule has 0 spiro atoms. The normalized spacial score (nSPS) is 20.3. The zero-order valence-corrected chi connectivity index (χ0v) is 39.0. The number of aliphatic carboxylic acids is 1. The van der Waals surface area contributed by atoms with Crippen LogP contribution in [0.5, 0.6) is 0 Å². The van der Waals surface area contributed by atoms with Crippen molar-refractivity contribution in [2.45, 2.75) is 192 Å². The van der Waals surface area contributed by atoms with Crippen LogP contribution in [0.3, 0.4) is 0 Å². The molecule has 1 aliphatic rings. The molecular weight excluding hydrogens is 813 g/mol. The number of aliphatic hydroxyl groups is 3. The maximum absolute atomic E-state index is 12.8. The molecule has 11 nitrogen and oxygen atoms in total. The highest BCUT2D eigenvalue weighted by Gasteiger charge is 2.47. The molecule has 1 heterocycles. The van der Waals surface area contributed by atoms with Gasteiger partial charge in [0.05, 0.1) is 6.61 Å². The number of ether oxygens (including phenoxy) is 4. The van der Waals surface area contributed by atoms with Crippen LogP contribution in [0.2, 0.25) is 0 Å². The number of carbonyl (C=O) groups excluding carboxylic acids is 2. The van der Waals surface area contributed by atoms with Crippen molar-refractivity contribution in [1.82, 2.24) is 0 Å². The summed E-state index contributed by atoms with van der Waals surface area (Å²) >= 11 is 0. The van der Waals surface area contributed by atoms with Crippen molar-refractivity contribution in [2.75, 3.05) is 13.2 Å². The van der Waals surface area contributed by atoms with Crippen molar-refractivity contribution in [2.24, 2.45) is 0 Å². The number of esters is 2. The number of hydrogen-bond donors (Lipinski definition) is 4. The molecule has 1 aliphatic heterocycles. The van der Waals surface area contributed by atoms with Crippen LogP contribution >= 0.6 is 0 Å². The van der Waals surface area contributed by atoms with E-state index in [0.717, 1.165) is 116 Å². The summed E-state index contributed by atoms with van der Waals surface area (Å²) in [5.41, 5.74) is 0. The van der Waals surface area contributed by atoms with Crippen molar-refractivity contribution in [3.05, 3.63) is 109 Å². The van der Waals surface area contributed by atoms with Crippen molar-refractivity contribution in [1.29, 1.82) is 0 Å². The maximum atomic E-state index is 12.8. The van der Waals surface area contributed by atoms with Crippen molar-refractivity contribution in [3.63, 3.8) is 0 Å². The highest BCUT2D eigenvalue weighted by molar-refractivity contribution is 5.73. The van der Waals surface area contributed by atoms with Crippen LogP contribution < -0.4 is 0 Å². The van der Waals surface area contributed by atoms with E-state index < -0.39 is 61.3 Å². The van der Waals surface area contributed by atoms with Gasteiger partial charge in [-0.25, -0.2) is 4.79 Å². The second kappa shape index (κ2) is 41.6. The third-order valence-electron chi connectivity index (χ3n) is 10.1. The summed E-state index contributed by atoms with van der Waals surface area (Å²) in [6.45, 7) is 3.54. The summed E-state index contributed by atoms with van der Waals surface area (Å²) in [4.78, 5) is 36.9. The Labute approximate surface area is 385 Å². The van der Waals surface area contributed by atoms with Gasteiger partial charge in [0.1, 0.15) is 24.9 Å². The molecule has 0 radical (unpaired) electrons. The molecule has 6 unspecified atom stereocenters. The van der Waals surface area contributed by atoms with Gasteiger partial charge in [-0.2, -0.15) is 0 Å². The molecule has 0 aromatic carbocycles. The number of carboxylic acid groups (broad SMARTS) is 1. The van der Waals surface area contributed by atoms with Gasteiger partial charge in [0, 0.05) is 12.8 Å². The number of rotatable bonds is 38. The van der Waals surface area contributed by atoms with Gasteiger partial charge in [-0.15, -0.1) is 0 Å². The van der Waals surface area contributed by atoms with E-state index in [2.05, 4.69) is 123 Å². The average Bonchev–Trinajstić information content (AvgIpc) is 3.28. The number of carbonyl (C=O) groups is 3. The van der Waals surface area contributed by atoms with Crippen molar-refractivity contribution in [3.8, 4) is 0 Å². The van der Waals surface area contributed by atoms with Crippen molar-refractivity contribution < 1.29 is 53.8 Å². The minimum absolute atomic E-state index is 0.152. The van der Waals surface area contributed by atoms with Crippen LogP contribution in [0.4, 0.5) is 0 Å². The minimum atomic E-state index is -1.88. The zero-order valence-electron chi connectivity index (χ0n) is 39.0. The maximum Gasteiger partial charge on any atom is 0.335 e. The summed E-state index contributed by atoms with van der Waals surface area (Å²) in [5, 5.41) is 39.9. The molecule has 64 heavy (non-hydrogen) atoms. The first kappa shape index (κ1) is 57.9. The standard InChI is InChI=1S/C53H82O11/c1-3-5-7-9-11-13-15-17-19-21-23-25-27-29-31-33-35-37-39-41-46(54)61-43-45(44-62-53-50(58)48(56)49(57)51(64-53)52(59)60)63-47(55)42-40-38-36-34-32-30-28-26-24-22-20-18-16-14-12-10-8-6-4-2/h5-8,11-14,17-20,23-26,29,31,45,48-51,53,56-58H,3-4,9-10,15-16,21-22,27-28,30,32-44H2,1-2H3,(H,59,60)/b7-5-,8-6-,13-11-,14-12-,19-17-,20-18-,25-23-,26-24-,31-29-. The molecule has 1 rings (SSSR count). The molecule has 1 saturated heterocycles. The second-order valence-electron chi connectivity index (χ2n) is 15.8. The van der Waals surface area contributed by atoms with Gasteiger partial charge >= 0.3 is 17.9 Å². The van der Waals surface area contributed by atoms with Crippen LogP contribution in [-0.4, -0.2) is 88.4 Å². The molecule has 1 fully saturated rings. The first-order valence-corrected chi connectivity index (χ1v) is 23.9. The zero-order chi connectivity index (χ0) is 46.7. The summed E-state index contributed by atoms with van der Waals surface area (Å²) in [7, 11) is 0. The van der Waals surface area contributed by atoms with Crippen LogP contribution in [0.15, 0.2) is 109 Å². The lowest BCUT2D eigenvalue weighted by atomic mass is 9.99. The number of allylic oxidation sites excluding steroid dienone is 18. The Morgan fingerprint density at radius 3 is 1.33 bits per heavy atom. The minimum Gasteiger partial charge on any atom is -0.479 e. The smallest absolute Gasteiger partial charge is 0.335 e. The highest BCUT2D eigenvalue weighted by atomic mass is 16.7. The van der Waals surface area contributed by atoms with Gasteiger partial charge < -0.3 is 39.4 Å². The summed E-state index contributed by atoms with van der Waals surface area (Å²) < 4.78 is 21.7. The molecule has 0 amide bonds. The molecule has 0 aromatic rings. The van der Waals surface area contributed by atoms with E-state index in [1.807, 2.05) is 0 Å². The Morgan fingerprint density at radius 2 is 0.875 bits per heavy atom. The van der Waals surface area contributed by atoms with Crippen LogP contribution in [0.1, 0.15) is 155 Å². The summed E-state index contributed by atoms with van der Waals surface area (Å²) in [5.74, 6) is -2.52. The number of unbranched alkanes of at least 4 members (excludes halogenated alkanes) is 9. The topological polar surface area (TPSA) is 169 Å². The predicted molar refractivity (Wildman–Crippen MR) is 256 cm³/mol. The molecule has 11 heteroatoms. The average molecular weight is 895 g/mol. The third kappa shape index (κ3) is 32.5. The van der Waals surface area contributed by atoms with Gasteiger partial charge in [-0.05, 0) is 96.3 Å². The van der Waals surface area contributed by atoms with E-state index in [1.165, 1.54) is 0 Å². The van der Waals surface area contributed by atoms with Gasteiger partial charge in [-0.3, -0.25) is 9.59 Å². The Morgan fingerprint density at radius 1 is 0.484 bits per heavy atom. The van der Waals surface area contributed by atoms with Gasteiger partial charge in [-0.1, -0.05) is 155 Å². The fourth-order valence-electron chi connectivity index (χ4n) is 6.42. The van der Waals surface area contributed by atoms with Crippen molar-refractivity contribution >= 4 is 17.9 Å². The number of aliphatic hydroxyl groups excluding tert-OH is 3. The van der Waals surface area contributed by atoms with Gasteiger partial charge in [0.25, 0.3) is 0 Å². The van der Waals surface area contributed by atoms with Crippen LogP contribution in [0.25, 0.3) is 0 Å². The Kier molecular flexibility index (Phi) is 37.6. The quantitative estimate of drug-likeness (QED) is 0.0264. The lowest BCUT2D eigenvalue weighted by Gasteiger charge is -2.38. The Balaban J connectivity index is 2.39. The summed E-state index contributed by atoms with van der Waals surface area (Å²) in [6.07, 6.45) is 48.4. The lowest BCUT2D eigenvalue weighted by Crippen LogP contribution is -2.60. The second-order valence-corrected chi connectivity index (χ2v) is 15.8. The molecule has 0 bridgehead atoms. The van der Waals surface area contributed by atoms with Gasteiger partial charge in [0.15, 0.2) is 18.5 Å². The third-order valence-corrected chi connectivity index (χ3v) is 10.1. The fraction of sp³-hybridized carbons (Fsp3) is 0.604. The SMILES string of the molecule is CC/C=C\C/C=C\C/C=C\C/C=C\C/C=C\CCCCCC(=O)OCC(COC1OC(C(=O)O)C(O)C(O)C1O)OC(=O)CCCCCCCC/C=C\C/C=C\C/C=C\C/C=C\CC. The fourth-order valence-corrected chi connectivity index (χ4v) is 6.42. The Bertz CT molecular complexity index is 1470. The first-order valence-electron chi connectivity index (χ1n) is 23.9. The van der Waals surface area contributed by atoms with Gasteiger partial charge in [0.2, 0.25) is 0 Å². The highest BCUT2D eigenvalue weighted by Crippen LogP contribution is 2.23. The van der Waals surface area contributed by atoms with E-state index >= 15 is 0 Å². The Hall–Kier alpha value is -4.13. The molecule has 4 N–H and O–H groups in total. The van der Waals surface area contributed by atoms with E-state index in [0.29, 0.717) is 12.8 Å². The molecular formula is C53H82O11. The molecule has 0 aliphatic carbocycles. The molecule has 6 atom stereocenters. The van der Waals surface area contributed by atoms with Crippen LogP contribution in [0, 0.1) is 0 Å².